The molecule has 1 aromatic heterocycles. The molecule has 1 heterocycles. The Labute approximate surface area is 96.8 Å². The van der Waals surface area contributed by atoms with Gasteiger partial charge < -0.3 is 0 Å². The highest BCUT2D eigenvalue weighted by Crippen LogP contribution is 2.05. The molecule has 0 radical (unpaired) electrons. The van der Waals surface area contributed by atoms with Crippen molar-refractivity contribution in [1.29, 1.82) is 0 Å². The van der Waals surface area contributed by atoms with Crippen LogP contribution in [-0.2, 0) is 9.84 Å². The van der Waals surface area contributed by atoms with E-state index in [1.807, 2.05) is 13.8 Å². The van der Waals surface area contributed by atoms with Crippen LogP contribution in [0.2, 0.25) is 0 Å². The maximum atomic E-state index is 11.7. The van der Waals surface area contributed by atoms with Crippen LogP contribution in [0.15, 0.2) is 29.4 Å². The zero-order valence-corrected chi connectivity index (χ0v) is 10.3. The third-order valence-electron chi connectivity index (χ3n) is 1.85. The van der Waals surface area contributed by atoms with E-state index in [-0.39, 0.29) is 10.8 Å². The Morgan fingerprint density at radius 1 is 1.31 bits per heavy atom. The number of hydrogen-bond donors (Lipinski definition) is 0. The Hall–Kier alpha value is -1.34. The molecule has 0 aliphatic carbocycles. The van der Waals surface area contributed by atoms with Gasteiger partial charge in [0.2, 0.25) is 9.84 Å². The van der Waals surface area contributed by atoms with Crippen molar-refractivity contribution in [2.24, 2.45) is 5.92 Å². The summed E-state index contributed by atoms with van der Waals surface area (Å²) in [4.78, 5) is 3.81. The summed E-state index contributed by atoms with van der Waals surface area (Å²) in [7, 11) is -3.34. The van der Waals surface area contributed by atoms with Gasteiger partial charge in [-0.1, -0.05) is 25.8 Å². The van der Waals surface area contributed by atoms with Crippen molar-refractivity contribution in [2.75, 3.05) is 5.75 Å². The second-order valence-corrected chi connectivity index (χ2v) is 5.82. The first kappa shape index (κ1) is 12.7. The van der Waals surface area contributed by atoms with Gasteiger partial charge in [0.15, 0.2) is 5.03 Å². The Balaban J connectivity index is 2.70. The fraction of sp³-hybridized carbons (Fsp3) is 0.417. The average Bonchev–Trinajstić information content (AvgIpc) is 2.26. The zero-order chi connectivity index (χ0) is 12.0. The van der Waals surface area contributed by atoms with E-state index < -0.39 is 9.84 Å². The maximum absolute atomic E-state index is 11.7. The van der Waals surface area contributed by atoms with E-state index in [1.54, 1.807) is 12.1 Å². The van der Waals surface area contributed by atoms with E-state index in [1.165, 1.54) is 12.3 Å². The molecule has 0 amide bonds. The molecule has 0 aliphatic rings. The van der Waals surface area contributed by atoms with Gasteiger partial charge >= 0.3 is 0 Å². The first-order valence-corrected chi connectivity index (χ1v) is 6.77. The van der Waals surface area contributed by atoms with Gasteiger partial charge in [-0.3, -0.25) is 0 Å². The molecular formula is C12H15NO2S. The zero-order valence-electron chi connectivity index (χ0n) is 9.47. The fourth-order valence-corrected chi connectivity index (χ4v) is 1.97. The molecule has 16 heavy (non-hydrogen) atoms. The van der Waals surface area contributed by atoms with Crippen LogP contribution in [0.5, 0.6) is 0 Å². The van der Waals surface area contributed by atoms with Crippen molar-refractivity contribution >= 4 is 9.84 Å². The summed E-state index contributed by atoms with van der Waals surface area (Å²) in [6, 6.07) is 4.82. The molecule has 0 aromatic carbocycles. The average molecular weight is 237 g/mol. The Kier molecular flexibility index (Phi) is 4.51. The molecule has 0 bridgehead atoms. The molecule has 1 aromatic rings. The molecule has 86 valence electrons. The minimum atomic E-state index is -3.34. The molecule has 0 saturated carbocycles. The summed E-state index contributed by atoms with van der Waals surface area (Å²) < 4.78 is 23.4. The Morgan fingerprint density at radius 2 is 2.06 bits per heavy atom. The molecule has 4 heteroatoms. The molecule has 0 aliphatic heterocycles. The number of pyridine rings is 1. The van der Waals surface area contributed by atoms with Gasteiger partial charge in [0.25, 0.3) is 0 Å². The lowest BCUT2D eigenvalue weighted by Crippen LogP contribution is -2.06. The smallest absolute Gasteiger partial charge is 0.206 e. The lowest BCUT2D eigenvalue weighted by Gasteiger charge is -1.98. The third kappa shape index (κ3) is 4.03. The molecule has 0 unspecified atom stereocenters. The summed E-state index contributed by atoms with van der Waals surface area (Å²) in [5.41, 5.74) is 0. The molecular weight excluding hydrogens is 222 g/mol. The summed E-state index contributed by atoms with van der Waals surface area (Å²) in [5.74, 6) is 5.84. The molecule has 1 rings (SSSR count). The van der Waals surface area contributed by atoms with Crippen molar-refractivity contribution < 1.29 is 8.42 Å². The van der Waals surface area contributed by atoms with Crippen LogP contribution in [0.1, 0.15) is 20.3 Å². The summed E-state index contributed by atoms with van der Waals surface area (Å²) in [5, 5.41) is 0.0915. The highest BCUT2D eigenvalue weighted by molar-refractivity contribution is 7.91. The van der Waals surface area contributed by atoms with Gasteiger partial charge in [0.05, 0.1) is 0 Å². The van der Waals surface area contributed by atoms with Crippen LogP contribution < -0.4 is 0 Å². The van der Waals surface area contributed by atoms with Gasteiger partial charge in [-0.2, -0.15) is 0 Å². The van der Waals surface area contributed by atoms with Crippen molar-refractivity contribution in [2.45, 2.75) is 25.3 Å². The summed E-state index contributed by atoms with van der Waals surface area (Å²) in [6.45, 7) is 4.09. The molecule has 0 spiro atoms. The molecule has 0 atom stereocenters. The van der Waals surface area contributed by atoms with Crippen LogP contribution in [0.3, 0.4) is 0 Å². The van der Waals surface area contributed by atoms with Crippen molar-refractivity contribution in [1.82, 2.24) is 4.98 Å². The predicted molar refractivity (Wildman–Crippen MR) is 63.5 cm³/mol. The van der Waals surface area contributed by atoms with Gasteiger partial charge in [-0.25, -0.2) is 13.4 Å². The third-order valence-corrected chi connectivity index (χ3v) is 3.26. The predicted octanol–water partition coefficient (Wildman–Crippen LogP) is 1.90. The highest BCUT2D eigenvalue weighted by Gasteiger charge is 2.12. The van der Waals surface area contributed by atoms with Crippen LogP contribution in [0.25, 0.3) is 0 Å². The van der Waals surface area contributed by atoms with Crippen LogP contribution in [0, 0.1) is 17.8 Å². The summed E-state index contributed by atoms with van der Waals surface area (Å²) in [6.07, 6.45) is 2.19. The summed E-state index contributed by atoms with van der Waals surface area (Å²) >= 11 is 0. The SMILES string of the molecule is CC(C)CC#CCS(=O)(=O)c1ccccn1. The van der Waals surface area contributed by atoms with Gasteiger partial charge in [-0.15, -0.1) is 5.92 Å². The van der Waals surface area contributed by atoms with Gasteiger partial charge in [0.1, 0.15) is 5.75 Å². The Morgan fingerprint density at radius 3 is 2.62 bits per heavy atom. The highest BCUT2D eigenvalue weighted by atomic mass is 32.2. The second kappa shape index (κ2) is 5.66. The standard InChI is InChI=1S/C12H15NO2S/c1-11(2)7-4-6-10-16(14,15)12-8-3-5-9-13-12/h3,5,8-9,11H,7,10H2,1-2H3. The van der Waals surface area contributed by atoms with Crippen molar-refractivity contribution in [3.8, 4) is 11.8 Å². The van der Waals surface area contributed by atoms with Crippen molar-refractivity contribution in [3.63, 3.8) is 0 Å². The lowest BCUT2D eigenvalue weighted by molar-refractivity contribution is 0.595. The molecule has 0 saturated heterocycles. The number of nitrogens with zero attached hydrogens (tertiary/aromatic N) is 1. The van der Waals surface area contributed by atoms with Gasteiger partial charge in [-0.05, 0) is 18.1 Å². The molecule has 0 N–H and O–H groups in total. The Bertz CT molecular complexity index is 481. The largest absolute Gasteiger partial charge is 0.245 e. The van der Waals surface area contributed by atoms with Crippen molar-refractivity contribution in [3.05, 3.63) is 24.4 Å². The fourth-order valence-electron chi connectivity index (χ4n) is 1.03. The first-order valence-electron chi connectivity index (χ1n) is 5.12. The minimum Gasteiger partial charge on any atom is -0.245 e. The lowest BCUT2D eigenvalue weighted by atomic mass is 10.1. The monoisotopic (exact) mass is 237 g/mol. The minimum absolute atomic E-state index is 0.0915. The van der Waals surface area contributed by atoms with E-state index >= 15 is 0 Å². The number of hydrogen-bond acceptors (Lipinski definition) is 3. The van der Waals surface area contributed by atoms with E-state index in [0.717, 1.165) is 6.42 Å². The molecule has 0 fully saturated rings. The van der Waals surface area contributed by atoms with Crippen LogP contribution in [0.4, 0.5) is 0 Å². The first-order chi connectivity index (χ1) is 7.52. The number of aromatic nitrogens is 1. The second-order valence-electron chi connectivity index (χ2n) is 3.88. The molecule has 3 nitrogen and oxygen atoms in total. The van der Waals surface area contributed by atoms with Gasteiger partial charge in [0, 0.05) is 12.6 Å². The van der Waals surface area contributed by atoms with E-state index in [4.69, 9.17) is 0 Å². The van der Waals surface area contributed by atoms with E-state index in [2.05, 4.69) is 16.8 Å². The quantitative estimate of drug-likeness (QED) is 0.754. The topological polar surface area (TPSA) is 47.0 Å². The van der Waals surface area contributed by atoms with E-state index in [0.29, 0.717) is 5.92 Å². The normalized spacial score (nSPS) is 10.9. The number of sulfone groups is 1. The number of rotatable bonds is 3. The van der Waals surface area contributed by atoms with E-state index in [9.17, 15) is 8.42 Å². The maximum Gasteiger partial charge on any atom is 0.206 e. The van der Waals surface area contributed by atoms with Crippen LogP contribution in [-0.4, -0.2) is 19.2 Å². The van der Waals surface area contributed by atoms with Crippen LogP contribution >= 0.6 is 0 Å².